The molecule has 0 spiro atoms. The second-order valence-corrected chi connectivity index (χ2v) is 4.40. The van der Waals surface area contributed by atoms with E-state index in [9.17, 15) is 9.50 Å². The Hall–Kier alpha value is -1.88. The highest BCUT2D eigenvalue weighted by Gasteiger charge is 2.16. The number of aryl methyl sites for hydroxylation is 2. The summed E-state index contributed by atoms with van der Waals surface area (Å²) in [6.45, 7) is 1.82. The summed E-state index contributed by atoms with van der Waals surface area (Å²) in [6, 6.07) is 4.52. The molecule has 0 amide bonds. The predicted molar refractivity (Wildman–Crippen MR) is 67.4 cm³/mol. The molecule has 1 unspecified atom stereocenters. The second-order valence-electron chi connectivity index (χ2n) is 4.40. The largest absolute Gasteiger partial charge is 0.388 e. The Labute approximate surface area is 105 Å². The van der Waals surface area contributed by atoms with E-state index < -0.39 is 6.10 Å². The molecule has 2 aromatic rings. The van der Waals surface area contributed by atoms with Gasteiger partial charge in [-0.25, -0.2) is 4.39 Å². The molecule has 4 nitrogen and oxygen atoms in total. The van der Waals surface area contributed by atoms with E-state index in [1.54, 1.807) is 19.3 Å². The number of anilines is 1. The van der Waals surface area contributed by atoms with Crippen LogP contribution in [0.15, 0.2) is 24.4 Å². The topological polar surface area (TPSA) is 64.1 Å². The van der Waals surface area contributed by atoms with Gasteiger partial charge < -0.3 is 10.8 Å². The van der Waals surface area contributed by atoms with Gasteiger partial charge in [-0.05, 0) is 30.2 Å². The van der Waals surface area contributed by atoms with Crippen molar-refractivity contribution in [2.24, 2.45) is 7.05 Å². The third-order valence-electron chi connectivity index (χ3n) is 3.09. The lowest BCUT2D eigenvalue weighted by atomic mass is 9.99. The zero-order valence-electron chi connectivity index (χ0n) is 10.4. The maximum absolute atomic E-state index is 13.0. The first kappa shape index (κ1) is 12.6. The molecule has 0 saturated heterocycles. The van der Waals surface area contributed by atoms with Crippen LogP contribution in [0.5, 0.6) is 0 Å². The summed E-state index contributed by atoms with van der Waals surface area (Å²) in [5, 5.41) is 14.1. The van der Waals surface area contributed by atoms with Gasteiger partial charge in [0.1, 0.15) is 11.6 Å². The van der Waals surface area contributed by atoms with Crippen molar-refractivity contribution in [2.45, 2.75) is 19.4 Å². The number of hydrogen-bond donors (Lipinski definition) is 2. The lowest BCUT2D eigenvalue weighted by molar-refractivity contribution is 0.179. The molecule has 5 heteroatoms. The van der Waals surface area contributed by atoms with Crippen molar-refractivity contribution < 1.29 is 9.50 Å². The van der Waals surface area contributed by atoms with E-state index in [0.717, 1.165) is 11.1 Å². The molecule has 2 rings (SSSR count). The summed E-state index contributed by atoms with van der Waals surface area (Å²) in [5.74, 6) is 0.175. The van der Waals surface area contributed by atoms with Crippen molar-refractivity contribution in [3.63, 3.8) is 0 Å². The Morgan fingerprint density at radius 1 is 1.50 bits per heavy atom. The average molecular weight is 249 g/mol. The van der Waals surface area contributed by atoms with Gasteiger partial charge in [-0.15, -0.1) is 0 Å². The Kier molecular flexibility index (Phi) is 3.34. The van der Waals surface area contributed by atoms with Gasteiger partial charge in [0.15, 0.2) is 0 Å². The van der Waals surface area contributed by atoms with E-state index in [4.69, 9.17) is 5.73 Å². The fourth-order valence-electron chi connectivity index (χ4n) is 1.93. The molecule has 0 bridgehead atoms. The number of nitrogens with two attached hydrogens (primary N) is 1. The molecule has 0 radical (unpaired) electrons. The molecule has 1 aromatic carbocycles. The zero-order valence-corrected chi connectivity index (χ0v) is 10.4. The van der Waals surface area contributed by atoms with Crippen molar-refractivity contribution >= 4 is 5.82 Å². The van der Waals surface area contributed by atoms with Crippen LogP contribution >= 0.6 is 0 Å². The predicted octanol–water partition coefficient (Wildman–Crippen LogP) is 1.73. The Morgan fingerprint density at radius 3 is 2.78 bits per heavy atom. The number of aliphatic hydroxyl groups excluding tert-OH is 1. The molecule has 18 heavy (non-hydrogen) atoms. The van der Waals surface area contributed by atoms with Crippen molar-refractivity contribution in [3.8, 4) is 0 Å². The van der Waals surface area contributed by atoms with Crippen LogP contribution in [0.2, 0.25) is 0 Å². The van der Waals surface area contributed by atoms with Crippen LogP contribution < -0.4 is 5.73 Å². The average Bonchev–Trinajstić information content (AvgIpc) is 2.64. The van der Waals surface area contributed by atoms with Gasteiger partial charge in [0, 0.05) is 19.0 Å². The molecule has 96 valence electrons. The monoisotopic (exact) mass is 249 g/mol. The fourth-order valence-corrected chi connectivity index (χ4v) is 1.93. The number of rotatable bonds is 3. The standard InChI is InChI=1S/C13H16FN3O/c1-8-5-10(14)4-3-9(8)6-12(18)11-7-16-17(2)13(11)15/h3-5,7,12,18H,6,15H2,1-2H3. The number of hydrogen-bond acceptors (Lipinski definition) is 3. The summed E-state index contributed by atoms with van der Waals surface area (Å²) >= 11 is 0. The van der Waals surface area contributed by atoms with E-state index >= 15 is 0 Å². The highest BCUT2D eigenvalue weighted by atomic mass is 19.1. The Balaban J connectivity index is 2.21. The zero-order chi connectivity index (χ0) is 13.3. The molecule has 0 saturated carbocycles. The molecule has 0 aliphatic carbocycles. The maximum atomic E-state index is 13.0. The molecule has 0 fully saturated rings. The van der Waals surface area contributed by atoms with Crippen LogP contribution in [-0.2, 0) is 13.5 Å². The normalized spacial score (nSPS) is 12.7. The summed E-state index contributed by atoms with van der Waals surface area (Å²) in [7, 11) is 1.72. The van der Waals surface area contributed by atoms with Crippen LogP contribution in [0.25, 0.3) is 0 Å². The summed E-state index contributed by atoms with van der Waals surface area (Å²) < 4.78 is 14.5. The van der Waals surface area contributed by atoms with Gasteiger partial charge in [0.2, 0.25) is 0 Å². The maximum Gasteiger partial charge on any atom is 0.127 e. The first-order valence-electron chi connectivity index (χ1n) is 5.69. The van der Waals surface area contributed by atoms with Gasteiger partial charge in [0.25, 0.3) is 0 Å². The van der Waals surface area contributed by atoms with Crippen LogP contribution in [0.1, 0.15) is 22.8 Å². The van der Waals surface area contributed by atoms with Crippen molar-refractivity contribution in [1.29, 1.82) is 0 Å². The third kappa shape index (κ3) is 2.36. The number of nitrogens with zero attached hydrogens (tertiary/aromatic N) is 2. The van der Waals surface area contributed by atoms with Crippen molar-refractivity contribution in [2.75, 3.05) is 5.73 Å². The molecule has 0 aliphatic rings. The van der Waals surface area contributed by atoms with Crippen LogP contribution in [0.3, 0.4) is 0 Å². The first-order chi connectivity index (χ1) is 8.49. The van der Waals surface area contributed by atoms with Crippen LogP contribution in [0.4, 0.5) is 10.2 Å². The van der Waals surface area contributed by atoms with Crippen molar-refractivity contribution in [1.82, 2.24) is 9.78 Å². The van der Waals surface area contributed by atoms with Gasteiger partial charge in [-0.1, -0.05) is 6.07 Å². The SMILES string of the molecule is Cc1cc(F)ccc1CC(O)c1cnn(C)c1N. The minimum absolute atomic E-state index is 0.272. The van der Waals surface area contributed by atoms with Gasteiger partial charge in [-0.2, -0.15) is 5.10 Å². The molecule has 1 heterocycles. The Bertz CT molecular complexity index is 565. The fraction of sp³-hybridized carbons (Fsp3) is 0.308. The highest BCUT2D eigenvalue weighted by molar-refractivity contribution is 5.41. The number of halogens is 1. The minimum atomic E-state index is -0.733. The summed E-state index contributed by atoms with van der Waals surface area (Å²) in [4.78, 5) is 0. The lowest BCUT2D eigenvalue weighted by Gasteiger charge is -2.12. The molecule has 1 atom stereocenters. The molecule has 1 aromatic heterocycles. The molecule has 3 N–H and O–H groups in total. The van der Waals surface area contributed by atoms with E-state index in [1.165, 1.54) is 16.8 Å². The van der Waals surface area contributed by atoms with Gasteiger partial charge in [0.05, 0.1) is 12.3 Å². The highest BCUT2D eigenvalue weighted by Crippen LogP contribution is 2.24. The minimum Gasteiger partial charge on any atom is -0.388 e. The Morgan fingerprint density at radius 2 is 2.22 bits per heavy atom. The second kappa shape index (κ2) is 4.78. The molecular formula is C13H16FN3O. The number of aliphatic hydroxyl groups is 1. The number of aromatic nitrogens is 2. The smallest absolute Gasteiger partial charge is 0.127 e. The molecular weight excluding hydrogens is 233 g/mol. The van der Waals surface area contributed by atoms with Crippen molar-refractivity contribution in [3.05, 3.63) is 46.9 Å². The van der Waals surface area contributed by atoms with Crippen LogP contribution in [0, 0.1) is 12.7 Å². The lowest BCUT2D eigenvalue weighted by Crippen LogP contribution is -2.07. The van der Waals surface area contributed by atoms with Gasteiger partial charge >= 0.3 is 0 Å². The number of nitrogen functional groups attached to an aromatic ring is 1. The number of benzene rings is 1. The van der Waals surface area contributed by atoms with E-state index in [1.807, 2.05) is 6.92 Å². The quantitative estimate of drug-likeness (QED) is 0.870. The van der Waals surface area contributed by atoms with Gasteiger partial charge in [-0.3, -0.25) is 4.68 Å². The molecule has 0 aliphatic heterocycles. The van der Waals surface area contributed by atoms with Crippen LogP contribution in [-0.4, -0.2) is 14.9 Å². The van der Waals surface area contributed by atoms with E-state index in [2.05, 4.69) is 5.10 Å². The summed E-state index contributed by atoms with van der Waals surface area (Å²) in [5.41, 5.74) is 8.11. The summed E-state index contributed by atoms with van der Waals surface area (Å²) in [6.07, 6.45) is 1.21. The third-order valence-corrected chi connectivity index (χ3v) is 3.09. The van der Waals surface area contributed by atoms with E-state index in [0.29, 0.717) is 17.8 Å². The van der Waals surface area contributed by atoms with E-state index in [-0.39, 0.29) is 5.82 Å². The first-order valence-corrected chi connectivity index (χ1v) is 5.69.